The number of hydrogen-bond acceptors (Lipinski definition) is 4. The number of halogens is 3. The number of benzene rings is 1. The van der Waals surface area contributed by atoms with Crippen molar-refractivity contribution < 1.29 is 22.7 Å². The van der Waals surface area contributed by atoms with E-state index in [1.807, 2.05) is 24.3 Å². The zero-order valence-electron chi connectivity index (χ0n) is 17.2. The number of fused-ring (bicyclic) bond motifs is 1. The summed E-state index contributed by atoms with van der Waals surface area (Å²) < 4.78 is 43.7. The number of nitrogens with zero attached hydrogens (tertiary/aromatic N) is 3. The number of nitrogens with one attached hydrogen (secondary N) is 2. The van der Waals surface area contributed by atoms with E-state index in [2.05, 4.69) is 15.6 Å². The smallest absolute Gasteiger partial charge is 0.401 e. The van der Waals surface area contributed by atoms with Crippen LogP contribution in [-0.2, 0) is 4.79 Å². The predicted octanol–water partition coefficient (Wildman–Crippen LogP) is 1.77. The topological polar surface area (TPSA) is 69.2 Å². The number of likely N-dealkylation sites (N-methyl/N-ethyl adjacent to an activating group) is 1. The molecule has 1 fully saturated rings. The van der Waals surface area contributed by atoms with Crippen LogP contribution in [0, 0.1) is 0 Å². The third-order valence-electron chi connectivity index (χ3n) is 5.16. The lowest BCUT2D eigenvalue weighted by molar-refractivity contribution is -0.143. The lowest BCUT2D eigenvalue weighted by atomic mass is 10.0. The molecule has 2 aliphatic rings. The Morgan fingerprint density at radius 1 is 1.27 bits per heavy atom. The standard InChI is InChI=1S/C20H28F3N5O2/c1-27(2)18(29)11-24-19(25-14-7-9-28(12-14)13-20(21,22)23)26-16-8-10-30-17-6-4-3-5-15(16)17/h3-6,14,16H,7-13H2,1-2H3,(H2,24,25,26). The maximum atomic E-state index is 12.7. The highest BCUT2D eigenvalue weighted by Gasteiger charge is 2.34. The van der Waals surface area contributed by atoms with Gasteiger partial charge in [0.05, 0.1) is 19.2 Å². The van der Waals surface area contributed by atoms with E-state index in [1.54, 1.807) is 14.1 Å². The van der Waals surface area contributed by atoms with Crippen LogP contribution < -0.4 is 15.4 Å². The van der Waals surface area contributed by atoms with Crippen LogP contribution in [0.3, 0.4) is 0 Å². The van der Waals surface area contributed by atoms with Gasteiger partial charge >= 0.3 is 6.18 Å². The minimum atomic E-state index is -4.21. The van der Waals surface area contributed by atoms with Crippen LogP contribution in [-0.4, -0.2) is 80.8 Å². The van der Waals surface area contributed by atoms with E-state index >= 15 is 0 Å². The van der Waals surface area contributed by atoms with Crippen molar-refractivity contribution in [1.82, 2.24) is 20.4 Å². The molecule has 1 aromatic rings. The molecular formula is C20H28F3N5O2. The van der Waals surface area contributed by atoms with Gasteiger partial charge in [0.2, 0.25) is 5.91 Å². The summed E-state index contributed by atoms with van der Waals surface area (Å²) in [7, 11) is 3.30. The Morgan fingerprint density at radius 2 is 2.03 bits per heavy atom. The number of rotatable bonds is 5. The van der Waals surface area contributed by atoms with Crippen molar-refractivity contribution in [2.75, 3.05) is 46.9 Å². The summed E-state index contributed by atoms with van der Waals surface area (Å²) in [6, 6.07) is 7.45. The minimum absolute atomic E-state index is 0.0494. The zero-order valence-corrected chi connectivity index (χ0v) is 17.2. The molecule has 10 heteroatoms. The zero-order chi connectivity index (χ0) is 21.7. The van der Waals surface area contributed by atoms with Gasteiger partial charge in [-0.3, -0.25) is 9.69 Å². The van der Waals surface area contributed by atoms with Gasteiger partial charge in [-0.05, 0) is 12.5 Å². The van der Waals surface area contributed by atoms with Gasteiger partial charge in [-0.25, -0.2) is 4.99 Å². The molecule has 0 bridgehead atoms. The maximum Gasteiger partial charge on any atom is 0.401 e. The van der Waals surface area contributed by atoms with Crippen molar-refractivity contribution >= 4 is 11.9 Å². The fraction of sp³-hybridized carbons (Fsp3) is 0.600. The molecular weight excluding hydrogens is 399 g/mol. The number of ether oxygens (including phenoxy) is 1. The van der Waals surface area contributed by atoms with Crippen LogP contribution in [0.4, 0.5) is 13.2 Å². The Kier molecular flexibility index (Phi) is 7.06. The summed E-state index contributed by atoms with van der Waals surface area (Å²) in [6.45, 7) is 0.207. The van der Waals surface area contributed by atoms with Gasteiger partial charge in [0, 0.05) is 45.2 Å². The summed E-state index contributed by atoms with van der Waals surface area (Å²) in [5, 5.41) is 6.57. The molecule has 2 unspecified atom stereocenters. The number of hydrogen-bond donors (Lipinski definition) is 2. The van der Waals surface area contributed by atoms with Gasteiger partial charge in [0.1, 0.15) is 12.3 Å². The van der Waals surface area contributed by atoms with E-state index in [1.165, 1.54) is 9.80 Å². The Labute approximate surface area is 174 Å². The lowest BCUT2D eigenvalue weighted by Gasteiger charge is -2.29. The maximum absolute atomic E-state index is 12.7. The molecule has 30 heavy (non-hydrogen) atoms. The molecule has 166 valence electrons. The number of carbonyl (C=O) groups excluding carboxylic acids is 1. The molecule has 0 aromatic heterocycles. The first kappa shape index (κ1) is 22.2. The van der Waals surface area contributed by atoms with E-state index < -0.39 is 12.7 Å². The number of guanidine groups is 1. The molecule has 2 heterocycles. The highest BCUT2D eigenvalue weighted by atomic mass is 19.4. The summed E-state index contributed by atoms with van der Waals surface area (Å²) in [6.07, 6.45) is -2.93. The number of amides is 1. The van der Waals surface area contributed by atoms with Crippen LogP contribution in [0.2, 0.25) is 0 Å². The van der Waals surface area contributed by atoms with Crippen molar-refractivity contribution in [3.8, 4) is 5.75 Å². The largest absolute Gasteiger partial charge is 0.493 e. The second-order valence-corrected chi connectivity index (χ2v) is 7.81. The number of para-hydroxylation sites is 1. The Hall–Kier alpha value is -2.49. The average Bonchev–Trinajstić information content (AvgIpc) is 3.11. The molecule has 3 rings (SSSR count). The molecule has 1 amide bonds. The third kappa shape index (κ3) is 6.25. The van der Waals surface area contributed by atoms with Crippen molar-refractivity contribution in [3.05, 3.63) is 29.8 Å². The van der Waals surface area contributed by atoms with Crippen molar-refractivity contribution in [1.29, 1.82) is 0 Å². The van der Waals surface area contributed by atoms with Gasteiger partial charge in [0.15, 0.2) is 5.96 Å². The second-order valence-electron chi connectivity index (χ2n) is 7.81. The first-order valence-electron chi connectivity index (χ1n) is 10.00. The van der Waals surface area contributed by atoms with E-state index in [-0.39, 0.29) is 31.1 Å². The van der Waals surface area contributed by atoms with Gasteiger partial charge in [-0.1, -0.05) is 18.2 Å². The molecule has 1 saturated heterocycles. The molecule has 0 spiro atoms. The van der Waals surface area contributed by atoms with Crippen molar-refractivity contribution in [2.45, 2.75) is 31.1 Å². The SMILES string of the molecule is CN(C)C(=O)CN=C(NC1CCN(CC(F)(F)F)C1)NC1CCOc2ccccc21. The number of aliphatic imine (C=N–C) groups is 1. The highest BCUT2D eigenvalue weighted by Crippen LogP contribution is 2.31. The van der Waals surface area contributed by atoms with Crippen LogP contribution in [0.5, 0.6) is 5.75 Å². The second kappa shape index (κ2) is 9.55. The number of likely N-dealkylation sites (tertiary alicyclic amines) is 1. The molecule has 0 aliphatic carbocycles. The normalized spacial score (nSPS) is 22.2. The summed E-state index contributed by atoms with van der Waals surface area (Å²) in [5.41, 5.74) is 0.988. The van der Waals surface area contributed by atoms with Crippen molar-refractivity contribution in [2.24, 2.45) is 4.99 Å². The molecule has 0 saturated carbocycles. The molecule has 2 N–H and O–H groups in total. The Morgan fingerprint density at radius 3 is 2.77 bits per heavy atom. The van der Waals surface area contributed by atoms with Gasteiger partial charge in [0.25, 0.3) is 0 Å². The van der Waals surface area contributed by atoms with Gasteiger partial charge < -0.3 is 20.3 Å². The fourth-order valence-corrected chi connectivity index (χ4v) is 3.62. The fourth-order valence-electron chi connectivity index (χ4n) is 3.62. The Bertz CT molecular complexity index is 769. The van der Waals surface area contributed by atoms with Crippen LogP contribution in [0.25, 0.3) is 0 Å². The van der Waals surface area contributed by atoms with Gasteiger partial charge in [-0.15, -0.1) is 0 Å². The number of carbonyl (C=O) groups is 1. The lowest BCUT2D eigenvalue weighted by Crippen LogP contribution is -2.47. The summed E-state index contributed by atoms with van der Waals surface area (Å²) in [5.74, 6) is 1.06. The van der Waals surface area contributed by atoms with E-state index in [0.717, 1.165) is 11.3 Å². The van der Waals surface area contributed by atoms with Crippen LogP contribution >= 0.6 is 0 Å². The summed E-state index contributed by atoms with van der Waals surface area (Å²) in [4.78, 5) is 19.2. The summed E-state index contributed by atoms with van der Waals surface area (Å²) >= 11 is 0. The molecule has 0 radical (unpaired) electrons. The third-order valence-corrected chi connectivity index (χ3v) is 5.16. The van der Waals surface area contributed by atoms with Gasteiger partial charge in [-0.2, -0.15) is 13.2 Å². The molecule has 2 atom stereocenters. The average molecular weight is 427 g/mol. The van der Waals surface area contributed by atoms with Crippen LogP contribution in [0.15, 0.2) is 29.3 Å². The quantitative estimate of drug-likeness (QED) is 0.554. The van der Waals surface area contributed by atoms with E-state index in [9.17, 15) is 18.0 Å². The van der Waals surface area contributed by atoms with Crippen molar-refractivity contribution in [3.63, 3.8) is 0 Å². The minimum Gasteiger partial charge on any atom is -0.493 e. The monoisotopic (exact) mass is 427 g/mol. The first-order valence-corrected chi connectivity index (χ1v) is 10.00. The first-order chi connectivity index (χ1) is 14.2. The molecule has 2 aliphatic heterocycles. The molecule has 1 aromatic carbocycles. The van der Waals surface area contributed by atoms with E-state index in [0.29, 0.717) is 32.0 Å². The van der Waals surface area contributed by atoms with E-state index in [4.69, 9.17) is 4.74 Å². The molecule has 7 nitrogen and oxygen atoms in total. The predicted molar refractivity (Wildman–Crippen MR) is 107 cm³/mol. The number of alkyl halides is 3. The highest BCUT2D eigenvalue weighted by molar-refractivity contribution is 5.85. The Balaban J connectivity index is 1.69. The van der Waals surface area contributed by atoms with Crippen LogP contribution in [0.1, 0.15) is 24.4 Å².